The molecular weight excluding hydrogens is 384 g/mol. The van der Waals surface area contributed by atoms with E-state index in [4.69, 9.17) is 16.3 Å². The van der Waals surface area contributed by atoms with Crippen LogP contribution in [0.3, 0.4) is 0 Å². The first-order chi connectivity index (χ1) is 12.9. The van der Waals surface area contributed by atoms with Crippen molar-refractivity contribution in [2.24, 2.45) is 5.92 Å². The lowest BCUT2D eigenvalue weighted by atomic mass is 9.86. The van der Waals surface area contributed by atoms with E-state index < -0.39 is 12.1 Å². The van der Waals surface area contributed by atoms with Crippen LogP contribution in [0.2, 0.25) is 5.02 Å². The first-order valence-electron chi connectivity index (χ1n) is 9.17. The maximum absolute atomic E-state index is 12.4. The molecule has 27 heavy (non-hydrogen) atoms. The predicted molar refractivity (Wildman–Crippen MR) is 107 cm³/mol. The third kappa shape index (κ3) is 5.08. The van der Waals surface area contributed by atoms with Crippen LogP contribution in [0.1, 0.15) is 50.0 Å². The fraction of sp³-hybridized carbons (Fsp3) is 0.450. The number of halogens is 1. The smallest absolute Gasteiger partial charge is 0.358 e. The van der Waals surface area contributed by atoms with Crippen molar-refractivity contribution < 1.29 is 14.3 Å². The number of aromatic nitrogens is 1. The Labute approximate surface area is 168 Å². The zero-order chi connectivity index (χ0) is 19.4. The quantitative estimate of drug-likeness (QED) is 0.730. The summed E-state index contributed by atoms with van der Waals surface area (Å²) in [6.07, 6.45) is 3.56. The van der Waals surface area contributed by atoms with E-state index in [0.29, 0.717) is 15.9 Å². The molecule has 3 rings (SSSR count). The third-order valence-electron chi connectivity index (χ3n) is 4.88. The average Bonchev–Trinajstić information content (AvgIpc) is 3.14. The number of thiazole rings is 1. The first kappa shape index (κ1) is 19.8. The Morgan fingerprint density at radius 3 is 2.85 bits per heavy atom. The van der Waals surface area contributed by atoms with Crippen molar-refractivity contribution in [1.29, 1.82) is 0 Å². The maximum Gasteiger partial charge on any atom is 0.358 e. The Bertz CT molecular complexity index is 823. The number of carbonyl (C=O) groups is 2. The molecule has 0 spiro atoms. The standard InChI is InChI=1S/C20H23ClN2O3S/c1-12-6-3-4-9-16(12)22-18(24)13(2)26-20(25)17-11-27-19(23-17)14-7-5-8-15(21)10-14/h5,7-8,10-13,16H,3-4,6,9H2,1-2H3,(H,22,24)/t12-,13-,16+/m1/s1. The van der Waals surface area contributed by atoms with Crippen LogP contribution in [-0.4, -0.2) is 29.0 Å². The SMILES string of the molecule is C[C@@H]1CCCC[C@@H]1NC(=O)[C@@H](C)OC(=O)c1csc(-c2cccc(Cl)c2)n1. The highest BCUT2D eigenvalue weighted by Gasteiger charge is 2.27. The molecule has 1 aromatic carbocycles. The van der Waals surface area contributed by atoms with Gasteiger partial charge in [-0.05, 0) is 37.8 Å². The molecule has 1 aromatic heterocycles. The first-order valence-corrected chi connectivity index (χ1v) is 10.4. The van der Waals surface area contributed by atoms with E-state index in [2.05, 4.69) is 17.2 Å². The number of benzene rings is 1. The summed E-state index contributed by atoms with van der Waals surface area (Å²) in [6.45, 7) is 3.73. The fourth-order valence-corrected chi connectivity index (χ4v) is 4.20. The van der Waals surface area contributed by atoms with E-state index in [9.17, 15) is 9.59 Å². The topological polar surface area (TPSA) is 68.3 Å². The molecule has 3 atom stereocenters. The van der Waals surface area contributed by atoms with Gasteiger partial charge in [0.25, 0.3) is 5.91 Å². The molecule has 1 aliphatic carbocycles. The van der Waals surface area contributed by atoms with Crippen molar-refractivity contribution in [3.8, 4) is 10.6 Å². The second-order valence-corrected chi connectivity index (χ2v) is 8.27. The lowest BCUT2D eigenvalue weighted by molar-refractivity contribution is -0.130. The van der Waals surface area contributed by atoms with Gasteiger partial charge in [-0.1, -0.05) is 43.5 Å². The molecule has 0 saturated heterocycles. The minimum absolute atomic E-state index is 0.154. The zero-order valence-electron chi connectivity index (χ0n) is 15.4. The summed E-state index contributed by atoms with van der Waals surface area (Å²) in [4.78, 5) is 29.0. The second-order valence-electron chi connectivity index (χ2n) is 6.97. The minimum atomic E-state index is -0.858. The van der Waals surface area contributed by atoms with Gasteiger partial charge in [0.2, 0.25) is 0 Å². The van der Waals surface area contributed by atoms with Gasteiger partial charge in [0.15, 0.2) is 11.8 Å². The van der Waals surface area contributed by atoms with Crippen molar-refractivity contribution in [2.45, 2.75) is 51.7 Å². The van der Waals surface area contributed by atoms with Crippen LogP contribution in [0.15, 0.2) is 29.6 Å². The molecule has 1 heterocycles. The Morgan fingerprint density at radius 1 is 1.33 bits per heavy atom. The molecule has 1 amide bonds. The third-order valence-corrected chi connectivity index (χ3v) is 6.00. The van der Waals surface area contributed by atoms with Crippen molar-refractivity contribution in [2.75, 3.05) is 0 Å². The van der Waals surface area contributed by atoms with E-state index in [-0.39, 0.29) is 17.6 Å². The number of amides is 1. The monoisotopic (exact) mass is 406 g/mol. The average molecular weight is 407 g/mol. The Morgan fingerprint density at radius 2 is 2.11 bits per heavy atom. The lowest BCUT2D eigenvalue weighted by Gasteiger charge is -2.30. The summed E-state index contributed by atoms with van der Waals surface area (Å²) in [7, 11) is 0. The number of hydrogen-bond donors (Lipinski definition) is 1. The van der Waals surface area contributed by atoms with Gasteiger partial charge >= 0.3 is 5.97 Å². The number of ether oxygens (including phenoxy) is 1. The number of nitrogens with one attached hydrogen (secondary N) is 1. The molecule has 1 fully saturated rings. The minimum Gasteiger partial charge on any atom is -0.448 e. The molecule has 7 heteroatoms. The van der Waals surface area contributed by atoms with Crippen molar-refractivity contribution in [3.05, 3.63) is 40.4 Å². The van der Waals surface area contributed by atoms with Gasteiger partial charge in [-0.15, -0.1) is 11.3 Å². The fourth-order valence-electron chi connectivity index (χ4n) is 3.23. The van der Waals surface area contributed by atoms with Gasteiger partial charge in [-0.25, -0.2) is 9.78 Å². The largest absolute Gasteiger partial charge is 0.448 e. The lowest BCUT2D eigenvalue weighted by Crippen LogP contribution is -2.46. The van der Waals surface area contributed by atoms with Crippen LogP contribution >= 0.6 is 22.9 Å². The van der Waals surface area contributed by atoms with E-state index in [0.717, 1.165) is 24.8 Å². The molecule has 0 bridgehead atoms. The summed E-state index contributed by atoms with van der Waals surface area (Å²) in [5.41, 5.74) is 1.03. The van der Waals surface area contributed by atoms with Crippen LogP contribution in [0, 0.1) is 5.92 Å². The summed E-state index contributed by atoms with van der Waals surface area (Å²) in [5.74, 6) is -0.407. The molecule has 5 nitrogen and oxygen atoms in total. The highest BCUT2D eigenvalue weighted by molar-refractivity contribution is 7.13. The van der Waals surface area contributed by atoms with E-state index in [1.807, 2.05) is 12.1 Å². The summed E-state index contributed by atoms with van der Waals surface area (Å²) in [5, 5.41) is 5.93. The molecule has 0 radical (unpaired) electrons. The van der Waals surface area contributed by atoms with Gasteiger partial charge < -0.3 is 10.1 Å². The molecular formula is C20H23ClN2O3S. The predicted octanol–water partition coefficient (Wildman–Crippen LogP) is 4.70. The van der Waals surface area contributed by atoms with Crippen LogP contribution < -0.4 is 5.32 Å². The van der Waals surface area contributed by atoms with Crippen LogP contribution in [0.25, 0.3) is 10.6 Å². The van der Waals surface area contributed by atoms with Gasteiger partial charge in [0, 0.05) is 22.0 Å². The van der Waals surface area contributed by atoms with Gasteiger partial charge in [0.05, 0.1) is 0 Å². The molecule has 1 N–H and O–H groups in total. The van der Waals surface area contributed by atoms with Crippen LogP contribution in [0.4, 0.5) is 0 Å². The Kier molecular flexibility index (Phi) is 6.50. The summed E-state index contributed by atoms with van der Waals surface area (Å²) >= 11 is 7.33. The second kappa shape index (κ2) is 8.85. The summed E-state index contributed by atoms with van der Waals surface area (Å²) in [6, 6.07) is 7.43. The Hall–Kier alpha value is -1.92. The molecule has 144 valence electrons. The molecule has 1 saturated carbocycles. The maximum atomic E-state index is 12.4. The van der Waals surface area contributed by atoms with Gasteiger partial charge in [-0.3, -0.25) is 4.79 Å². The summed E-state index contributed by atoms with van der Waals surface area (Å²) < 4.78 is 5.32. The highest BCUT2D eigenvalue weighted by atomic mass is 35.5. The van der Waals surface area contributed by atoms with Crippen molar-refractivity contribution in [3.63, 3.8) is 0 Å². The number of hydrogen-bond acceptors (Lipinski definition) is 5. The normalized spacial score (nSPS) is 20.7. The number of esters is 1. The molecule has 0 unspecified atom stereocenters. The molecule has 1 aliphatic rings. The van der Waals surface area contributed by atoms with Gasteiger partial charge in [0.1, 0.15) is 5.01 Å². The van der Waals surface area contributed by atoms with Crippen molar-refractivity contribution >= 4 is 34.8 Å². The number of nitrogens with zero attached hydrogens (tertiary/aromatic N) is 1. The van der Waals surface area contributed by atoms with Crippen LogP contribution in [0.5, 0.6) is 0 Å². The molecule has 0 aliphatic heterocycles. The number of rotatable bonds is 5. The van der Waals surface area contributed by atoms with E-state index in [1.165, 1.54) is 17.8 Å². The molecule has 2 aromatic rings. The van der Waals surface area contributed by atoms with E-state index >= 15 is 0 Å². The van der Waals surface area contributed by atoms with E-state index in [1.54, 1.807) is 24.4 Å². The zero-order valence-corrected chi connectivity index (χ0v) is 17.0. The Balaban J connectivity index is 1.59. The van der Waals surface area contributed by atoms with Gasteiger partial charge in [-0.2, -0.15) is 0 Å². The highest BCUT2D eigenvalue weighted by Crippen LogP contribution is 2.27. The van der Waals surface area contributed by atoms with Crippen molar-refractivity contribution in [1.82, 2.24) is 10.3 Å². The van der Waals surface area contributed by atoms with Crippen LogP contribution in [-0.2, 0) is 9.53 Å². The number of carbonyl (C=O) groups excluding carboxylic acids is 2.